The van der Waals surface area contributed by atoms with E-state index in [0.717, 1.165) is 16.5 Å². The van der Waals surface area contributed by atoms with E-state index in [4.69, 9.17) is 42.7 Å². The number of nitrogens with zero attached hydrogens (tertiary/aromatic N) is 2. The fraction of sp³-hybridized carbons (Fsp3) is 0.604. The van der Waals surface area contributed by atoms with E-state index in [9.17, 15) is 38.9 Å². The lowest BCUT2D eigenvalue weighted by Crippen LogP contribution is -2.35. The van der Waals surface area contributed by atoms with Crippen molar-refractivity contribution < 1.29 is 81.6 Å². The lowest BCUT2D eigenvalue weighted by molar-refractivity contribution is 0.00371. The Hall–Kier alpha value is -3.66. The van der Waals surface area contributed by atoms with Crippen molar-refractivity contribution in [1.29, 1.82) is 0 Å². The number of benzene rings is 2. The molecule has 1 atom stereocenters. The van der Waals surface area contributed by atoms with Gasteiger partial charge in [-0.25, -0.2) is 4.58 Å². The fourth-order valence-electron chi connectivity index (χ4n) is 8.06. The van der Waals surface area contributed by atoms with Crippen LogP contribution in [0.2, 0.25) is 0 Å². The number of methoxy groups -OCH3 is 1. The van der Waals surface area contributed by atoms with E-state index in [1.807, 2.05) is 46.7 Å². The first-order valence-corrected chi connectivity index (χ1v) is 28.1. The summed E-state index contributed by atoms with van der Waals surface area (Å²) < 4.78 is 148. The van der Waals surface area contributed by atoms with Gasteiger partial charge in [0.1, 0.15) is 24.7 Å². The Morgan fingerprint density at radius 1 is 0.704 bits per heavy atom. The second-order valence-corrected chi connectivity index (χ2v) is 22.5. The van der Waals surface area contributed by atoms with Crippen LogP contribution in [-0.4, -0.2) is 175 Å². The standard InChI is InChI=1S/C48H72N2O18S3/c1-47(2,3)42-36-39(68-45-35-38(11-13-41(42)45)49(16-8-34-70(55,56)57)17-20-62-25-28-67-32-31-65-24-23-61-5)9-6-10-46-48(4,15-7-33-69(52,53)54)43-37-40(71(58,59)60)12-14-44(43)50(46)18-21-63-26-29-66-30-27-64-22-19-51/h6,9-14,35-37,51H,7-8,15-34H2,1-5H3,(H2-,52,53,54,55,56,57,58,59,60)/p+1. The Kier molecular flexibility index (Phi) is 24.2. The number of fused-ring (bicyclic) bond motifs is 2. The number of hydrogen-bond acceptors (Lipinski definition) is 16. The third-order valence-electron chi connectivity index (χ3n) is 11.5. The molecule has 2 heterocycles. The largest absolute Gasteiger partial charge is 0.456 e. The topological polar surface area (TPSA) is 267 Å². The van der Waals surface area contributed by atoms with E-state index in [0.29, 0.717) is 94.5 Å². The van der Waals surface area contributed by atoms with Crippen LogP contribution in [0.4, 0.5) is 5.69 Å². The molecule has 0 bridgehead atoms. The molecule has 1 unspecified atom stereocenters. The molecule has 1 aromatic rings. The van der Waals surface area contributed by atoms with Crippen molar-refractivity contribution >= 4 is 42.1 Å². The molecule has 3 aliphatic rings. The Bertz CT molecular complexity index is 2570. The maximum absolute atomic E-state index is 12.4. The molecule has 0 spiro atoms. The highest BCUT2D eigenvalue weighted by Crippen LogP contribution is 2.51. The summed E-state index contributed by atoms with van der Waals surface area (Å²) in [5.41, 5.74) is 2.25. The van der Waals surface area contributed by atoms with Crippen LogP contribution in [0.25, 0.3) is 17.4 Å². The van der Waals surface area contributed by atoms with E-state index < -0.39 is 47.3 Å². The predicted molar refractivity (Wildman–Crippen MR) is 268 cm³/mol. The third kappa shape index (κ3) is 20.3. The molecule has 0 saturated carbocycles. The predicted octanol–water partition coefficient (Wildman–Crippen LogP) is 4.06. The van der Waals surface area contributed by atoms with Gasteiger partial charge in [-0.1, -0.05) is 26.8 Å². The van der Waals surface area contributed by atoms with E-state index in [1.165, 1.54) is 12.1 Å². The first-order chi connectivity index (χ1) is 33.6. The number of aliphatic hydroxyl groups is 1. The molecular formula is C48H73N2O18S3+. The molecule has 0 radical (unpaired) electrons. The molecular weight excluding hydrogens is 989 g/mol. The van der Waals surface area contributed by atoms with Gasteiger partial charge >= 0.3 is 0 Å². The summed E-state index contributed by atoms with van der Waals surface area (Å²) in [5, 5.41) is 9.62. The van der Waals surface area contributed by atoms with E-state index >= 15 is 0 Å². The van der Waals surface area contributed by atoms with Gasteiger partial charge < -0.3 is 47.6 Å². The maximum atomic E-state index is 12.4. The van der Waals surface area contributed by atoms with Gasteiger partial charge in [-0.2, -0.15) is 25.3 Å². The molecule has 400 valence electrons. The van der Waals surface area contributed by atoms with Crippen molar-refractivity contribution in [3.05, 3.63) is 82.6 Å². The van der Waals surface area contributed by atoms with Crippen molar-refractivity contribution in [2.75, 3.05) is 136 Å². The molecule has 20 nitrogen and oxygen atoms in total. The van der Waals surface area contributed by atoms with Gasteiger partial charge in [-0.3, -0.25) is 13.7 Å². The van der Waals surface area contributed by atoms with Crippen molar-refractivity contribution in [3.8, 4) is 11.3 Å². The summed E-state index contributed by atoms with van der Waals surface area (Å²) in [5.74, 6) is 0.0742. The minimum absolute atomic E-state index is 0.0200. The SMILES string of the molecule is COCCOCCOCCOCC[N+](CCCS(=O)(=O)O)=c1ccc2c(C(C)(C)C)cc(/C=C/C=C3/N(CCOCCOCCOCCO)c4ccc(S(=O)(=O)O)cc4C3(C)CCCS(=O)(=O)O)oc-2c1. The van der Waals surface area contributed by atoms with Gasteiger partial charge in [0.15, 0.2) is 6.54 Å². The van der Waals surface area contributed by atoms with E-state index in [2.05, 4.69) is 20.8 Å². The zero-order valence-corrected chi connectivity index (χ0v) is 43.9. The lowest BCUT2D eigenvalue weighted by atomic mass is 9.77. The molecule has 4 rings (SSSR count). The molecule has 2 aliphatic heterocycles. The summed E-state index contributed by atoms with van der Waals surface area (Å²) >= 11 is 0. The number of rotatable bonds is 34. The summed E-state index contributed by atoms with van der Waals surface area (Å²) in [6.07, 6.45) is 5.74. The van der Waals surface area contributed by atoms with Crippen LogP contribution in [0.1, 0.15) is 63.8 Å². The second-order valence-electron chi connectivity index (χ2n) is 17.9. The van der Waals surface area contributed by atoms with Crippen molar-refractivity contribution in [1.82, 2.24) is 4.58 Å². The Labute approximate surface area is 418 Å². The van der Waals surface area contributed by atoms with Crippen LogP contribution in [0.3, 0.4) is 0 Å². The number of ether oxygens (including phenoxy) is 7. The van der Waals surface area contributed by atoms with Crippen LogP contribution >= 0.6 is 0 Å². The van der Waals surface area contributed by atoms with Gasteiger partial charge in [-0.05, 0) is 78.8 Å². The van der Waals surface area contributed by atoms with E-state index in [1.54, 1.807) is 25.3 Å². The minimum Gasteiger partial charge on any atom is -0.456 e. The molecule has 4 N–H and O–H groups in total. The smallest absolute Gasteiger partial charge is 0.294 e. The highest BCUT2D eigenvalue weighted by molar-refractivity contribution is 7.86. The summed E-state index contributed by atoms with van der Waals surface area (Å²) in [7, 11) is -11.6. The number of hydrogen-bond donors (Lipinski definition) is 4. The molecule has 71 heavy (non-hydrogen) atoms. The summed E-state index contributed by atoms with van der Waals surface area (Å²) in [4.78, 5) is 1.61. The number of aliphatic hydroxyl groups excluding tert-OH is 1. The van der Waals surface area contributed by atoms with E-state index in [-0.39, 0.29) is 75.7 Å². The van der Waals surface area contributed by atoms with Gasteiger partial charge in [0, 0.05) is 48.5 Å². The van der Waals surface area contributed by atoms with Crippen LogP contribution in [-0.2, 0) is 74.3 Å². The lowest BCUT2D eigenvalue weighted by Gasteiger charge is -2.30. The van der Waals surface area contributed by atoms with Crippen LogP contribution in [0.5, 0.6) is 0 Å². The van der Waals surface area contributed by atoms with Crippen LogP contribution in [0, 0.1) is 0 Å². The second kappa shape index (κ2) is 28.7. The highest BCUT2D eigenvalue weighted by atomic mass is 32.2. The van der Waals surface area contributed by atoms with Gasteiger partial charge in [0.2, 0.25) is 5.36 Å². The van der Waals surface area contributed by atoms with Crippen molar-refractivity contribution in [2.24, 2.45) is 0 Å². The zero-order valence-electron chi connectivity index (χ0n) is 41.5. The highest BCUT2D eigenvalue weighted by Gasteiger charge is 2.44. The minimum atomic E-state index is -4.63. The van der Waals surface area contributed by atoms with Crippen LogP contribution in [0.15, 0.2) is 69.6 Å². The molecule has 0 saturated heterocycles. The van der Waals surface area contributed by atoms with Gasteiger partial charge in [-0.15, -0.1) is 0 Å². The molecule has 1 aliphatic carbocycles. The Morgan fingerprint density at radius 2 is 1.28 bits per heavy atom. The zero-order chi connectivity index (χ0) is 52.1. The maximum Gasteiger partial charge on any atom is 0.294 e. The molecule has 0 fully saturated rings. The first kappa shape index (κ1) is 59.9. The molecule has 0 amide bonds. The van der Waals surface area contributed by atoms with Gasteiger partial charge in [0.25, 0.3) is 30.4 Å². The average Bonchev–Trinajstić information content (AvgIpc) is 3.51. The fourth-order valence-corrected chi connectivity index (χ4v) is 9.57. The third-order valence-corrected chi connectivity index (χ3v) is 14.0. The number of allylic oxidation sites excluding steroid dienone is 3. The Morgan fingerprint density at radius 3 is 1.86 bits per heavy atom. The van der Waals surface area contributed by atoms with Crippen LogP contribution < -0.4 is 14.8 Å². The van der Waals surface area contributed by atoms with Crippen molar-refractivity contribution in [3.63, 3.8) is 0 Å². The first-order valence-electron chi connectivity index (χ1n) is 23.5. The monoisotopic (exact) mass is 1060 g/mol. The number of anilines is 1. The quantitative estimate of drug-likeness (QED) is 0.0373. The van der Waals surface area contributed by atoms with Gasteiger partial charge in [0.05, 0.1) is 108 Å². The molecule has 0 aromatic heterocycles. The summed E-state index contributed by atoms with van der Waals surface area (Å²) in [6.45, 7) is 13.4. The Balaban J connectivity index is 1.71. The average molecular weight is 1060 g/mol. The van der Waals surface area contributed by atoms with Crippen molar-refractivity contribution in [2.45, 2.75) is 62.7 Å². The normalized spacial score (nSPS) is 16.7. The molecule has 1 aromatic carbocycles. The molecule has 23 heteroatoms. The summed E-state index contributed by atoms with van der Waals surface area (Å²) in [6, 6.07) is 12.0.